The number of rotatable bonds is 7. The highest BCUT2D eigenvalue weighted by Gasteiger charge is 2.06. The second kappa shape index (κ2) is 7.05. The van der Waals surface area contributed by atoms with Gasteiger partial charge in [-0.2, -0.15) is 4.98 Å². The van der Waals surface area contributed by atoms with Crippen molar-refractivity contribution in [1.82, 2.24) is 9.97 Å². The van der Waals surface area contributed by atoms with Gasteiger partial charge in [-0.15, -0.1) is 0 Å². The molecule has 0 saturated heterocycles. The molecule has 108 valence electrons. The van der Waals surface area contributed by atoms with Gasteiger partial charge >= 0.3 is 0 Å². The Morgan fingerprint density at radius 2 is 2.00 bits per heavy atom. The third kappa shape index (κ3) is 3.81. The van der Waals surface area contributed by atoms with E-state index in [1.165, 1.54) is 0 Å². The Labute approximate surface area is 119 Å². The number of aliphatic hydroxyl groups excluding tert-OH is 1. The van der Waals surface area contributed by atoms with Crippen LogP contribution in [-0.4, -0.2) is 34.3 Å². The van der Waals surface area contributed by atoms with Gasteiger partial charge in [0, 0.05) is 18.5 Å². The van der Waals surface area contributed by atoms with Crippen LogP contribution in [0.1, 0.15) is 26.7 Å². The first kappa shape index (κ1) is 14.5. The van der Waals surface area contributed by atoms with Crippen molar-refractivity contribution < 1.29 is 5.11 Å². The number of nitrogens with zero attached hydrogens (tertiary/aromatic N) is 2. The standard InChI is InChI=1S/C15H22N4O/c1-3-16-15-18-13-9-5-4-8-12(13)14(19-15)17-10-6-7-11(2)20/h4-5,8-9,11,20H,3,6-7,10H2,1-2H3,(H2,16,17,18,19). The maximum atomic E-state index is 9.27. The fraction of sp³-hybridized carbons (Fsp3) is 0.467. The molecule has 0 aliphatic rings. The summed E-state index contributed by atoms with van der Waals surface area (Å²) in [5.74, 6) is 1.49. The first-order valence-electron chi connectivity index (χ1n) is 7.13. The summed E-state index contributed by atoms with van der Waals surface area (Å²) in [4.78, 5) is 8.99. The largest absolute Gasteiger partial charge is 0.393 e. The summed E-state index contributed by atoms with van der Waals surface area (Å²) in [6.45, 7) is 5.41. The molecule has 3 N–H and O–H groups in total. The Morgan fingerprint density at radius 3 is 2.75 bits per heavy atom. The smallest absolute Gasteiger partial charge is 0.225 e. The van der Waals surface area contributed by atoms with Crippen molar-refractivity contribution in [3.05, 3.63) is 24.3 Å². The van der Waals surface area contributed by atoms with E-state index in [4.69, 9.17) is 0 Å². The van der Waals surface area contributed by atoms with Crippen LogP contribution in [0.5, 0.6) is 0 Å². The lowest BCUT2D eigenvalue weighted by molar-refractivity contribution is 0.183. The van der Waals surface area contributed by atoms with Gasteiger partial charge in [0.05, 0.1) is 11.6 Å². The number of fused-ring (bicyclic) bond motifs is 1. The minimum atomic E-state index is -0.253. The van der Waals surface area contributed by atoms with E-state index >= 15 is 0 Å². The molecule has 0 spiro atoms. The molecule has 0 aliphatic carbocycles. The van der Waals surface area contributed by atoms with Gasteiger partial charge in [0.2, 0.25) is 5.95 Å². The molecule has 1 unspecified atom stereocenters. The third-order valence-electron chi connectivity index (χ3n) is 3.03. The summed E-state index contributed by atoms with van der Waals surface area (Å²) in [6.07, 6.45) is 1.44. The molecular weight excluding hydrogens is 252 g/mol. The van der Waals surface area contributed by atoms with Crippen molar-refractivity contribution in [2.24, 2.45) is 0 Å². The van der Waals surface area contributed by atoms with Gasteiger partial charge < -0.3 is 15.7 Å². The van der Waals surface area contributed by atoms with Crippen LogP contribution in [0.2, 0.25) is 0 Å². The van der Waals surface area contributed by atoms with E-state index in [1.807, 2.05) is 38.1 Å². The Balaban J connectivity index is 2.16. The van der Waals surface area contributed by atoms with Gasteiger partial charge in [-0.05, 0) is 38.8 Å². The molecule has 1 heterocycles. The lowest BCUT2D eigenvalue weighted by atomic mass is 10.2. The molecule has 2 aromatic rings. The molecule has 0 aliphatic heterocycles. The van der Waals surface area contributed by atoms with Crippen LogP contribution in [0.25, 0.3) is 10.9 Å². The molecule has 20 heavy (non-hydrogen) atoms. The molecule has 5 heteroatoms. The highest BCUT2D eigenvalue weighted by molar-refractivity contribution is 5.89. The summed E-state index contributed by atoms with van der Waals surface area (Å²) < 4.78 is 0. The lowest BCUT2D eigenvalue weighted by Crippen LogP contribution is -2.10. The van der Waals surface area contributed by atoms with Crippen LogP contribution < -0.4 is 10.6 Å². The van der Waals surface area contributed by atoms with Gasteiger partial charge in [0.25, 0.3) is 0 Å². The van der Waals surface area contributed by atoms with Crippen molar-refractivity contribution in [3.63, 3.8) is 0 Å². The van der Waals surface area contributed by atoms with E-state index < -0.39 is 0 Å². The van der Waals surface area contributed by atoms with E-state index in [0.29, 0.717) is 5.95 Å². The molecule has 0 amide bonds. The monoisotopic (exact) mass is 274 g/mol. The molecule has 2 rings (SSSR count). The van der Waals surface area contributed by atoms with Gasteiger partial charge in [0.15, 0.2) is 0 Å². The summed E-state index contributed by atoms with van der Waals surface area (Å²) in [5.41, 5.74) is 0.927. The van der Waals surface area contributed by atoms with Gasteiger partial charge in [0.1, 0.15) is 5.82 Å². The number of aliphatic hydroxyl groups is 1. The van der Waals surface area contributed by atoms with Crippen LogP contribution in [0, 0.1) is 0 Å². The fourth-order valence-electron chi connectivity index (χ4n) is 2.05. The quantitative estimate of drug-likeness (QED) is 0.677. The lowest BCUT2D eigenvalue weighted by Gasteiger charge is -2.11. The summed E-state index contributed by atoms with van der Waals surface area (Å²) >= 11 is 0. The minimum absolute atomic E-state index is 0.253. The number of benzene rings is 1. The predicted molar refractivity (Wildman–Crippen MR) is 83.1 cm³/mol. The SMILES string of the molecule is CCNc1nc(NCCCC(C)O)c2ccccc2n1. The minimum Gasteiger partial charge on any atom is -0.393 e. The fourth-order valence-corrected chi connectivity index (χ4v) is 2.05. The van der Waals surface area contributed by atoms with Crippen molar-refractivity contribution in [3.8, 4) is 0 Å². The van der Waals surface area contributed by atoms with Crippen LogP contribution in [0.4, 0.5) is 11.8 Å². The Hall–Kier alpha value is -1.88. The predicted octanol–water partition coefficient (Wildman–Crippen LogP) is 2.63. The average molecular weight is 274 g/mol. The number of anilines is 2. The van der Waals surface area contributed by atoms with E-state index in [2.05, 4.69) is 20.6 Å². The van der Waals surface area contributed by atoms with Gasteiger partial charge in [-0.25, -0.2) is 4.98 Å². The second-order valence-corrected chi connectivity index (χ2v) is 4.86. The Morgan fingerprint density at radius 1 is 1.20 bits per heavy atom. The molecule has 1 aromatic heterocycles. The van der Waals surface area contributed by atoms with Crippen molar-refractivity contribution in [2.45, 2.75) is 32.8 Å². The Kier molecular flexibility index (Phi) is 5.12. The zero-order chi connectivity index (χ0) is 14.4. The highest BCUT2D eigenvalue weighted by atomic mass is 16.3. The van der Waals surface area contributed by atoms with Crippen LogP contribution in [0.15, 0.2) is 24.3 Å². The average Bonchev–Trinajstić information content (AvgIpc) is 2.43. The second-order valence-electron chi connectivity index (χ2n) is 4.86. The first-order valence-corrected chi connectivity index (χ1v) is 7.13. The van der Waals surface area contributed by atoms with Gasteiger partial charge in [-0.1, -0.05) is 12.1 Å². The number of hydrogen-bond donors (Lipinski definition) is 3. The summed E-state index contributed by atoms with van der Waals surface area (Å²) in [6, 6.07) is 7.96. The number of aromatic nitrogens is 2. The van der Waals surface area contributed by atoms with Crippen LogP contribution >= 0.6 is 0 Å². The molecule has 1 aromatic carbocycles. The van der Waals surface area contributed by atoms with E-state index in [0.717, 1.165) is 42.7 Å². The molecule has 0 saturated carbocycles. The number of nitrogens with one attached hydrogen (secondary N) is 2. The van der Waals surface area contributed by atoms with Crippen molar-refractivity contribution >= 4 is 22.7 Å². The van der Waals surface area contributed by atoms with Crippen molar-refractivity contribution in [2.75, 3.05) is 23.7 Å². The zero-order valence-corrected chi connectivity index (χ0v) is 12.1. The molecule has 0 radical (unpaired) electrons. The summed E-state index contributed by atoms with van der Waals surface area (Å²) in [5, 5.41) is 16.8. The van der Waals surface area contributed by atoms with Crippen LogP contribution in [0.3, 0.4) is 0 Å². The third-order valence-corrected chi connectivity index (χ3v) is 3.03. The maximum Gasteiger partial charge on any atom is 0.225 e. The highest BCUT2D eigenvalue weighted by Crippen LogP contribution is 2.21. The Bertz CT molecular complexity index is 557. The topological polar surface area (TPSA) is 70.1 Å². The maximum absolute atomic E-state index is 9.27. The van der Waals surface area contributed by atoms with E-state index in [1.54, 1.807) is 0 Å². The van der Waals surface area contributed by atoms with Gasteiger partial charge in [-0.3, -0.25) is 0 Å². The van der Waals surface area contributed by atoms with Crippen molar-refractivity contribution in [1.29, 1.82) is 0 Å². The van der Waals surface area contributed by atoms with E-state index in [9.17, 15) is 5.11 Å². The molecule has 1 atom stereocenters. The molecular formula is C15H22N4O. The molecule has 0 fully saturated rings. The zero-order valence-electron chi connectivity index (χ0n) is 12.1. The summed E-state index contributed by atoms with van der Waals surface area (Å²) in [7, 11) is 0. The number of hydrogen-bond acceptors (Lipinski definition) is 5. The normalized spacial score (nSPS) is 12.3. The van der Waals surface area contributed by atoms with Crippen LogP contribution in [-0.2, 0) is 0 Å². The molecule has 0 bridgehead atoms. The van der Waals surface area contributed by atoms with E-state index in [-0.39, 0.29) is 6.10 Å². The first-order chi connectivity index (χ1) is 9.70. The molecule has 5 nitrogen and oxygen atoms in total. The number of para-hydroxylation sites is 1.